The molecule has 23 heavy (non-hydrogen) atoms. The molecule has 1 amide bonds. The van der Waals surface area contributed by atoms with Crippen molar-refractivity contribution in [1.29, 1.82) is 0 Å². The minimum atomic E-state index is -0.0775. The van der Waals surface area contributed by atoms with Crippen molar-refractivity contribution in [2.24, 2.45) is 0 Å². The zero-order chi connectivity index (χ0) is 16.2. The van der Waals surface area contributed by atoms with Crippen molar-refractivity contribution < 1.29 is 9.21 Å². The minimum Gasteiger partial charge on any atom is -0.467 e. The van der Waals surface area contributed by atoms with Gasteiger partial charge in [0.15, 0.2) is 0 Å². The summed E-state index contributed by atoms with van der Waals surface area (Å²) in [5.41, 5.74) is 1.25. The topological polar surface area (TPSA) is 66.9 Å². The number of amides is 1. The first-order chi connectivity index (χ1) is 11.1. The molecule has 3 heterocycles. The van der Waals surface area contributed by atoms with E-state index in [9.17, 15) is 4.79 Å². The van der Waals surface area contributed by atoms with E-state index in [1.165, 1.54) is 4.63 Å². The van der Waals surface area contributed by atoms with Crippen molar-refractivity contribution in [1.82, 2.24) is 24.6 Å². The van der Waals surface area contributed by atoms with Crippen LogP contribution in [-0.4, -0.2) is 57.7 Å². The molecule has 0 aliphatic rings. The third kappa shape index (κ3) is 3.40. The number of aromatic nitrogens is 3. The molecule has 0 fully saturated rings. The lowest BCUT2D eigenvalue weighted by Crippen LogP contribution is -2.36. The van der Waals surface area contributed by atoms with Gasteiger partial charge in [-0.15, -0.1) is 0 Å². The zero-order valence-electron chi connectivity index (χ0n) is 13.2. The van der Waals surface area contributed by atoms with Gasteiger partial charge < -0.3 is 14.2 Å². The number of carbonyl (C=O) groups is 1. The second-order valence-corrected chi connectivity index (χ2v) is 5.57. The van der Waals surface area contributed by atoms with E-state index in [1.807, 2.05) is 37.2 Å². The van der Waals surface area contributed by atoms with E-state index in [4.69, 9.17) is 4.42 Å². The number of fused-ring (bicyclic) bond motifs is 1. The van der Waals surface area contributed by atoms with Crippen LogP contribution in [0.4, 0.5) is 0 Å². The van der Waals surface area contributed by atoms with Gasteiger partial charge in [-0.3, -0.25) is 4.79 Å². The average molecular weight is 313 g/mol. The highest BCUT2D eigenvalue weighted by Gasteiger charge is 2.21. The maximum atomic E-state index is 12.9. The Labute approximate surface area is 134 Å². The van der Waals surface area contributed by atoms with E-state index in [0.29, 0.717) is 24.2 Å². The van der Waals surface area contributed by atoms with Crippen LogP contribution in [0, 0.1) is 0 Å². The highest BCUT2D eigenvalue weighted by Crippen LogP contribution is 2.14. The maximum Gasteiger partial charge on any atom is 0.258 e. The molecule has 0 bridgehead atoms. The van der Waals surface area contributed by atoms with Gasteiger partial charge in [0.25, 0.3) is 5.91 Å². The first-order valence-electron chi connectivity index (χ1n) is 7.40. The molecule has 0 atom stereocenters. The van der Waals surface area contributed by atoms with Crippen molar-refractivity contribution in [2.45, 2.75) is 6.54 Å². The standard InChI is InChI=1S/C16H19N5O2/c1-19(2)8-9-20(12-13-5-4-10-23-13)16(22)14-11-18-21-15(14)6-3-7-17-21/h3-7,10-11H,8-9,12H2,1-2H3. The van der Waals surface area contributed by atoms with E-state index in [0.717, 1.165) is 12.3 Å². The number of hydrogen-bond donors (Lipinski definition) is 0. The lowest BCUT2D eigenvalue weighted by Gasteiger charge is -2.23. The normalized spacial score (nSPS) is 11.3. The lowest BCUT2D eigenvalue weighted by atomic mass is 10.2. The Morgan fingerprint density at radius 1 is 1.22 bits per heavy atom. The molecule has 0 aliphatic heterocycles. The highest BCUT2D eigenvalue weighted by molar-refractivity contribution is 6.00. The van der Waals surface area contributed by atoms with Crippen LogP contribution >= 0.6 is 0 Å². The predicted octanol–water partition coefficient (Wildman–Crippen LogP) is 1.53. The molecule has 0 spiro atoms. The van der Waals surface area contributed by atoms with Gasteiger partial charge in [0.1, 0.15) is 11.3 Å². The molecule has 0 saturated carbocycles. The van der Waals surface area contributed by atoms with Crippen molar-refractivity contribution in [2.75, 3.05) is 27.2 Å². The Hall–Kier alpha value is -2.67. The Morgan fingerprint density at radius 2 is 2.09 bits per heavy atom. The fourth-order valence-electron chi connectivity index (χ4n) is 2.33. The molecule has 120 valence electrons. The zero-order valence-corrected chi connectivity index (χ0v) is 13.2. The van der Waals surface area contributed by atoms with Gasteiger partial charge >= 0.3 is 0 Å². The summed E-state index contributed by atoms with van der Waals surface area (Å²) < 4.78 is 6.85. The molecule has 3 aromatic heterocycles. The Morgan fingerprint density at radius 3 is 2.83 bits per heavy atom. The lowest BCUT2D eigenvalue weighted by molar-refractivity contribution is 0.0721. The van der Waals surface area contributed by atoms with Gasteiger partial charge in [-0.25, -0.2) is 0 Å². The van der Waals surface area contributed by atoms with E-state index in [-0.39, 0.29) is 5.91 Å². The largest absolute Gasteiger partial charge is 0.467 e. The van der Waals surface area contributed by atoms with Gasteiger partial charge in [-0.05, 0) is 38.4 Å². The van der Waals surface area contributed by atoms with Crippen LogP contribution in [0.1, 0.15) is 16.1 Å². The number of hydrogen-bond acceptors (Lipinski definition) is 5. The molecule has 0 radical (unpaired) electrons. The second kappa shape index (κ2) is 6.62. The highest BCUT2D eigenvalue weighted by atomic mass is 16.3. The van der Waals surface area contributed by atoms with Gasteiger partial charge in [0, 0.05) is 19.3 Å². The molecular weight excluding hydrogens is 294 g/mol. The maximum absolute atomic E-state index is 12.9. The molecule has 3 aromatic rings. The van der Waals surface area contributed by atoms with Crippen molar-refractivity contribution in [3.8, 4) is 0 Å². The summed E-state index contributed by atoms with van der Waals surface area (Å²) in [5.74, 6) is 0.679. The summed E-state index contributed by atoms with van der Waals surface area (Å²) in [6, 6.07) is 7.32. The summed E-state index contributed by atoms with van der Waals surface area (Å²) in [4.78, 5) is 16.8. The van der Waals surface area contributed by atoms with Gasteiger partial charge in [0.2, 0.25) is 0 Å². The number of carbonyl (C=O) groups excluding carboxylic acids is 1. The fraction of sp³-hybridized carbons (Fsp3) is 0.312. The van der Waals surface area contributed by atoms with E-state index in [2.05, 4.69) is 10.2 Å². The average Bonchev–Trinajstić information content (AvgIpc) is 3.20. The Balaban J connectivity index is 1.86. The quantitative estimate of drug-likeness (QED) is 0.690. The fourth-order valence-corrected chi connectivity index (χ4v) is 2.33. The summed E-state index contributed by atoms with van der Waals surface area (Å²) >= 11 is 0. The molecule has 0 saturated heterocycles. The minimum absolute atomic E-state index is 0.0775. The molecule has 3 rings (SSSR count). The summed E-state index contributed by atoms with van der Waals surface area (Å²) in [6.45, 7) is 1.80. The van der Waals surface area contributed by atoms with E-state index in [1.54, 1.807) is 29.6 Å². The molecule has 0 unspecified atom stereocenters. The van der Waals surface area contributed by atoms with E-state index >= 15 is 0 Å². The van der Waals surface area contributed by atoms with Crippen molar-refractivity contribution >= 4 is 11.4 Å². The molecule has 0 aliphatic carbocycles. The molecular formula is C16H19N5O2. The van der Waals surface area contributed by atoms with E-state index < -0.39 is 0 Å². The Bertz CT molecular complexity index is 779. The van der Waals surface area contributed by atoms with Crippen LogP contribution in [0.3, 0.4) is 0 Å². The number of nitrogens with zero attached hydrogens (tertiary/aromatic N) is 5. The van der Waals surface area contributed by atoms with Crippen LogP contribution < -0.4 is 0 Å². The molecule has 7 heteroatoms. The number of rotatable bonds is 6. The predicted molar refractivity (Wildman–Crippen MR) is 85.0 cm³/mol. The van der Waals surface area contributed by atoms with Crippen molar-refractivity contribution in [3.63, 3.8) is 0 Å². The van der Waals surface area contributed by atoms with Gasteiger partial charge in [-0.2, -0.15) is 14.8 Å². The molecule has 7 nitrogen and oxygen atoms in total. The third-order valence-electron chi connectivity index (χ3n) is 3.57. The first kappa shape index (κ1) is 15.2. The molecule has 0 aromatic carbocycles. The third-order valence-corrected chi connectivity index (χ3v) is 3.57. The van der Waals surface area contributed by atoms with Crippen LogP contribution in [0.5, 0.6) is 0 Å². The summed E-state index contributed by atoms with van der Waals surface area (Å²) in [6.07, 6.45) is 4.82. The summed E-state index contributed by atoms with van der Waals surface area (Å²) in [5, 5.41) is 8.24. The van der Waals surface area contributed by atoms with Gasteiger partial charge in [-0.1, -0.05) is 0 Å². The monoisotopic (exact) mass is 313 g/mol. The van der Waals surface area contributed by atoms with Gasteiger partial charge in [0.05, 0.1) is 24.6 Å². The number of furan rings is 1. The SMILES string of the molecule is CN(C)CCN(Cc1ccco1)C(=O)c1cnn2ncccc12. The smallest absolute Gasteiger partial charge is 0.258 e. The number of likely N-dealkylation sites (N-methyl/N-ethyl adjacent to an activating group) is 1. The Kier molecular flexibility index (Phi) is 4.38. The van der Waals surface area contributed by atoms with Crippen molar-refractivity contribution in [3.05, 3.63) is 54.2 Å². The first-order valence-corrected chi connectivity index (χ1v) is 7.40. The van der Waals surface area contributed by atoms with Crippen LogP contribution in [0.25, 0.3) is 5.52 Å². The second-order valence-electron chi connectivity index (χ2n) is 5.57. The molecule has 0 N–H and O–H groups in total. The van der Waals surface area contributed by atoms with Crippen LogP contribution in [0.2, 0.25) is 0 Å². The summed E-state index contributed by atoms with van der Waals surface area (Å²) in [7, 11) is 3.96. The van der Waals surface area contributed by atoms with Crippen LogP contribution in [0.15, 0.2) is 47.3 Å². The van der Waals surface area contributed by atoms with Crippen LogP contribution in [-0.2, 0) is 6.54 Å².